The fourth-order valence-electron chi connectivity index (χ4n) is 2.15. The van der Waals surface area contributed by atoms with Gasteiger partial charge in [-0.15, -0.1) is 0 Å². The van der Waals surface area contributed by atoms with Crippen LogP contribution in [0.5, 0.6) is 0 Å². The maximum atomic E-state index is 3.13. The van der Waals surface area contributed by atoms with Crippen LogP contribution < -0.4 is 0 Å². The zero-order valence-corrected chi connectivity index (χ0v) is 9.33. The first-order valence-corrected chi connectivity index (χ1v) is 5.69. The van der Waals surface area contributed by atoms with Gasteiger partial charge in [0.1, 0.15) is 0 Å². The molecule has 0 nitrogen and oxygen atoms in total. The molecule has 0 N–H and O–H groups in total. The van der Waals surface area contributed by atoms with Crippen molar-refractivity contribution in [2.75, 3.05) is 0 Å². The van der Waals surface area contributed by atoms with E-state index in [9.17, 15) is 0 Å². The number of rotatable bonds is 1. The predicted octanol–water partition coefficient (Wildman–Crippen LogP) is 4.36. The first-order valence-electron chi connectivity index (χ1n) is 5.69. The number of benzene rings is 3. The summed E-state index contributed by atoms with van der Waals surface area (Å²) >= 11 is 0. The van der Waals surface area contributed by atoms with Gasteiger partial charge in [0.05, 0.1) is 0 Å². The summed E-state index contributed by atoms with van der Waals surface area (Å²) in [6.07, 6.45) is 1.09. The van der Waals surface area contributed by atoms with E-state index in [1.165, 1.54) is 27.1 Å². The van der Waals surface area contributed by atoms with E-state index in [1.54, 1.807) is 0 Å². The van der Waals surface area contributed by atoms with Crippen molar-refractivity contribution in [2.24, 2.45) is 0 Å². The molecule has 0 saturated carbocycles. The molecule has 0 aliphatic rings. The summed E-state index contributed by atoms with van der Waals surface area (Å²) in [6.45, 7) is 2.19. The van der Waals surface area contributed by atoms with Crippen molar-refractivity contribution in [2.45, 2.75) is 13.3 Å². The lowest BCUT2D eigenvalue weighted by molar-refractivity contribution is 1.15. The molecule has 0 aliphatic heterocycles. The summed E-state index contributed by atoms with van der Waals surface area (Å²) in [4.78, 5) is 0. The summed E-state index contributed by atoms with van der Waals surface area (Å²) in [5.74, 6) is 0. The predicted molar refractivity (Wildman–Crippen MR) is 69.7 cm³/mol. The zero-order chi connectivity index (χ0) is 11.0. The lowest BCUT2D eigenvalue weighted by atomic mass is 10.0. The molecule has 0 aromatic heterocycles. The standard InChI is InChI=1S/C16H13/c1-2-12-7-8-15-10-13-5-3-4-6-14(13)11-16(15)9-12/h3,5-11H,2H2,1H3. The molecule has 3 aromatic carbocycles. The van der Waals surface area contributed by atoms with Crippen molar-refractivity contribution in [1.29, 1.82) is 0 Å². The van der Waals surface area contributed by atoms with Crippen LogP contribution in [0.3, 0.4) is 0 Å². The third-order valence-electron chi connectivity index (χ3n) is 3.11. The van der Waals surface area contributed by atoms with Crippen molar-refractivity contribution < 1.29 is 0 Å². The monoisotopic (exact) mass is 205 g/mol. The van der Waals surface area contributed by atoms with Gasteiger partial charge >= 0.3 is 0 Å². The molecule has 0 saturated heterocycles. The first-order chi connectivity index (χ1) is 7.86. The Hall–Kier alpha value is -1.82. The van der Waals surface area contributed by atoms with Crippen molar-refractivity contribution >= 4 is 21.5 Å². The minimum absolute atomic E-state index is 1.09. The Morgan fingerprint density at radius 3 is 2.56 bits per heavy atom. The van der Waals surface area contributed by atoms with Crippen LogP contribution in [-0.2, 0) is 6.42 Å². The smallest absolute Gasteiger partial charge is 0.0171 e. The van der Waals surface area contributed by atoms with E-state index in [4.69, 9.17) is 0 Å². The van der Waals surface area contributed by atoms with Crippen LogP contribution in [0.15, 0.2) is 48.5 Å². The van der Waals surface area contributed by atoms with E-state index in [0.29, 0.717) is 0 Å². The molecule has 77 valence electrons. The molecule has 0 heterocycles. The van der Waals surface area contributed by atoms with Crippen molar-refractivity contribution in [3.05, 3.63) is 60.2 Å². The Morgan fingerprint density at radius 2 is 1.69 bits per heavy atom. The van der Waals surface area contributed by atoms with E-state index < -0.39 is 0 Å². The highest BCUT2D eigenvalue weighted by molar-refractivity contribution is 5.98. The van der Waals surface area contributed by atoms with Crippen molar-refractivity contribution in [3.8, 4) is 0 Å². The van der Waals surface area contributed by atoms with Crippen molar-refractivity contribution in [3.63, 3.8) is 0 Å². The van der Waals surface area contributed by atoms with Gasteiger partial charge in [-0.05, 0) is 57.8 Å². The van der Waals surface area contributed by atoms with Crippen LogP contribution in [0.2, 0.25) is 0 Å². The average molecular weight is 205 g/mol. The third kappa shape index (κ3) is 1.47. The maximum absolute atomic E-state index is 3.13. The molecule has 0 atom stereocenters. The lowest BCUT2D eigenvalue weighted by Gasteiger charge is -2.04. The number of aryl methyl sites for hydroxylation is 1. The molecule has 0 bridgehead atoms. The van der Waals surface area contributed by atoms with Gasteiger partial charge < -0.3 is 0 Å². The van der Waals surface area contributed by atoms with Crippen LogP contribution in [0.25, 0.3) is 21.5 Å². The normalized spacial score (nSPS) is 11.1. The fraction of sp³-hybridized carbons (Fsp3) is 0.125. The highest BCUT2D eigenvalue weighted by Crippen LogP contribution is 2.23. The van der Waals surface area contributed by atoms with Gasteiger partial charge in [0.2, 0.25) is 0 Å². The van der Waals surface area contributed by atoms with Crippen molar-refractivity contribution in [1.82, 2.24) is 0 Å². The summed E-state index contributed by atoms with van der Waals surface area (Å²) in [5.41, 5.74) is 1.40. The molecule has 0 aliphatic carbocycles. The molecule has 0 fully saturated rings. The Balaban J connectivity index is 2.37. The van der Waals surface area contributed by atoms with Gasteiger partial charge in [-0.25, -0.2) is 0 Å². The van der Waals surface area contributed by atoms with Gasteiger partial charge in [0, 0.05) is 0 Å². The third-order valence-corrected chi connectivity index (χ3v) is 3.11. The highest BCUT2D eigenvalue weighted by Gasteiger charge is 1.98. The minimum atomic E-state index is 1.09. The van der Waals surface area contributed by atoms with E-state index in [-0.39, 0.29) is 0 Å². The van der Waals surface area contributed by atoms with E-state index >= 15 is 0 Å². The van der Waals surface area contributed by atoms with Gasteiger partial charge in [-0.1, -0.05) is 37.3 Å². The van der Waals surface area contributed by atoms with Crippen LogP contribution >= 0.6 is 0 Å². The van der Waals surface area contributed by atoms with Gasteiger partial charge in [0.25, 0.3) is 0 Å². The first kappa shape index (κ1) is 9.41. The Morgan fingerprint density at radius 1 is 0.875 bits per heavy atom. The largest absolute Gasteiger partial charge is 0.0613 e. The van der Waals surface area contributed by atoms with Gasteiger partial charge in [-0.2, -0.15) is 0 Å². The average Bonchev–Trinajstić information content (AvgIpc) is 2.35. The maximum Gasteiger partial charge on any atom is -0.0171 e. The highest BCUT2D eigenvalue weighted by atomic mass is 14.0. The Bertz CT molecular complexity index is 650. The Labute approximate surface area is 95.5 Å². The van der Waals surface area contributed by atoms with Gasteiger partial charge in [-0.3, -0.25) is 0 Å². The quantitative estimate of drug-likeness (QED) is 0.518. The molecule has 16 heavy (non-hydrogen) atoms. The molecule has 3 rings (SSSR count). The fourth-order valence-corrected chi connectivity index (χ4v) is 2.15. The molecule has 0 spiro atoms. The van der Waals surface area contributed by atoms with E-state index in [2.05, 4.69) is 49.4 Å². The molecular weight excluding hydrogens is 192 g/mol. The topological polar surface area (TPSA) is 0 Å². The summed E-state index contributed by atoms with van der Waals surface area (Å²) in [5, 5.41) is 5.20. The molecule has 0 heteroatoms. The summed E-state index contributed by atoms with van der Waals surface area (Å²) < 4.78 is 0. The summed E-state index contributed by atoms with van der Waals surface area (Å²) in [6, 6.07) is 20.5. The lowest BCUT2D eigenvalue weighted by Crippen LogP contribution is -1.81. The number of hydrogen-bond donors (Lipinski definition) is 0. The molecule has 3 aromatic rings. The summed E-state index contributed by atoms with van der Waals surface area (Å²) in [7, 11) is 0. The minimum Gasteiger partial charge on any atom is -0.0613 e. The second kappa shape index (κ2) is 3.64. The van der Waals surface area contributed by atoms with Crippen LogP contribution in [0.4, 0.5) is 0 Å². The molecule has 0 amide bonds. The number of fused-ring (bicyclic) bond motifs is 2. The SMILES string of the molecule is CCc1ccc2cc3cc[c]cc3cc2c1. The zero-order valence-electron chi connectivity index (χ0n) is 9.33. The Kier molecular flexibility index (Phi) is 2.14. The van der Waals surface area contributed by atoms with E-state index in [1.807, 2.05) is 12.1 Å². The van der Waals surface area contributed by atoms with Crippen LogP contribution in [0.1, 0.15) is 12.5 Å². The number of hydrogen-bond acceptors (Lipinski definition) is 0. The van der Waals surface area contributed by atoms with Gasteiger partial charge in [0.15, 0.2) is 0 Å². The van der Waals surface area contributed by atoms with Crippen LogP contribution in [-0.4, -0.2) is 0 Å². The second-order valence-corrected chi connectivity index (χ2v) is 4.16. The molecule has 1 radical (unpaired) electrons. The van der Waals surface area contributed by atoms with E-state index in [0.717, 1.165) is 6.42 Å². The molecule has 0 unspecified atom stereocenters. The molecular formula is C16H13. The van der Waals surface area contributed by atoms with Crippen LogP contribution in [0, 0.1) is 6.07 Å². The second-order valence-electron chi connectivity index (χ2n) is 4.16.